The lowest BCUT2D eigenvalue weighted by molar-refractivity contribution is 0.292. The summed E-state index contributed by atoms with van der Waals surface area (Å²) in [7, 11) is 1.51. The quantitative estimate of drug-likeness (QED) is 0.570. The molecule has 7 nitrogen and oxygen atoms in total. The minimum Gasteiger partial charge on any atom is -0.467 e. The van der Waals surface area contributed by atoms with Gasteiger partial charge in [0.05, 0.1) is 7.11 Å². The normalized spacial score (nSPS) is 10.1. The zero-order valence-electron chi connectivity index (χ0n) is 10.2. The molecule has 1 aromatic heterocycles. The second-order valence-electron chi connectivity index (χ2n) is 3.40. The summed E-state index contributed by atoms with van der Waals surface area (Å²) in [5, 5.41) is 14.7. The van der Waals surface area contributed by atoms with Gasteiger partial charge in [0.15, 0.2) is 0 Å². The second-order valence-corrected chi connectivity index (χ2v) is 3.40. The maximum absolute atomic E-state index is 8.69. The first kappa shape index (κ1) is 13.4. The molecule has 3 N–H and O–H groups in total. The SMILES string of the molecule is CCCNc1nc(NCCCO)nc(OC)n1. The molecule has 0 spiro atoms. The Bertz CT molecular complexity index is 334. The predicted octanol–water partition coefficient (Wildman–Crippen LogP) is 0.496. The summed E-state index contributed by atoms with van der Waals surface area (Å²) in [5.41, 5.74) is 0. The molecule has 0 radical (unpaired) electrons. The van der Waals surface area contributed by atoms with Crippen LogP contribution < -0.4 is 15.4 Å². The van der Waals surface area contributed by atoms with Crippen LogP contribution >= 0.6 is 0 Å². The van der Waals surface area contributed by atoms with E-state index in [4.69, 9.17) is 9.84 Å². The lowest BCUT2D eigenvalue weighted by atomic mass is 10.4. The Balaban J connectivity index is 2.67. The summed E-state index contributed by atoms with van der Waals surface area (Å²) in [6.07, 6.45) is 1.63. The van der Waals surface area contributed by atoms with Gasteiger partial charge >= 0.3 is 6.01 Å². The van der Waals surface area contributed by atoms with Crippen molar-refractivity contribution in [3.63, 3.8) is 0 Å². The van der Waals surface area contributed by atoms with Gasteiger partial charge in [-0.1, -0.05) is 6.92 Å². The molecule has 0 aliphatic rings. The van der Waals surface area contributed by atoms with Gasteiger partial charge in [-0.3, -0.25) is 0 Å². The van der Waals surface area contributed by atoms with Crippen molar-refractivity contribution < 1.29 is 9.84 Å². The number of aliphatic hydroxyl groups is 1. The van der Waals surface area contributed by atoms with E-state index >= 15 is 0 Å². The van der Waals surface area contributed by atoms with Crippen LogP contribution in [0, 0.1) is 0 Å². The Hall–Kier alpha value is -1.63. The molecule has 1 rings (SSSR count). The van der Waals surface area contributed by atoms with Crippen LogP contribution in [0.4, 0.5) is 11.9 Å². The topological polar surface area (TPSA) is 92.2 Å². The number of nitrogens with zero attached hydrogens (tertiary/aromatic N) is 3. The van der Waals surface area contributed by atoms with Crippen LogP contribution in [-0.2, 0) is 0 Å². The van der Waals surface area contributed by atoms with Crippen LogP contribution in [0.3, 0.4) is 0 Å². The minimum absolute atomic E-state index is 0.135. The highest BCUT2D eigenvalue weighted by Gasteiger charge is 2.05. The van der Waals surface area contributed by atoms with E-state index in [1.54, 1.807) is 0 Å². The Kier molecular flexibility index (Phi) is 6.02. The van der Waals surface area contributed by atoms with E-state index in [-0.39, 0.29) is 12.6 Å². The Labute approximate surface area is 101 Å². The first-order valence-electron chi connectivity index (χ1n) is 5.68. The molecule has 0 aliphatic carbocycles. The molecule has 0 unspecified atom stereocenters. The van der Waals surface area contributed by atoms with E-state index in [1.165, 1.54) is 7.11 Å². The van der Waals surface area contributed by atoms with E-state index in [2.05, 4.69) is 32.5 Å². The molecular formula is C10H19N5O2. The third-order valence-corrected chi connectivity index (χ3v) is 1.95. The highest BCUT2D eigenvalue weighted by molar-refractivity contribution is 5.35. The number of aromatic nitrogens is 3. The summed E-state index contributed by atoms with van der Waals surface area (Å²) < 4.78 is 4.99. The van der Waals surface area contributed by atoms with Crippen LogP contribution in [0.25, 0.3) is 0 Å². The van der Waals surface area contributed by atoms with Gasteiger partial charge < -0.3 is 20.5 Å². The van der Waals surface area contributed by atoms with Gasteiger partial charge in [-0.05, 0) is 12.8 Å². The number of anilines is 2. The van der Waals surface area contributed by atoms with Crippen molar-refractivity contribution >= 4 is 11.9 Å². The number of rotatable bonds is 8. The maximum Gasteiger partial charge on any atom is 0.322 e. The van der Waals surface area contributed by atoms with Crippen LogP contribution in [0.2, 0.25) is 0 Å². The first-order chi connectivity index (χ1) is 8.30. The number of ether oxygens (including phenoxy) is 1. The van der Waals surface area contributed by atoms with Gasteiger partial charge in [-0.25, -0.2) is 0 Å². The number of hydrogen-bond acceptors (Lipinski definition) is 7. The van der Waals surface area contributed by atoms with Gasteiger partial charge in [0, 0.05) is 19.7 Å². The van der Waals surface area contributed by atoms with Crippen molar-refractivity contribution in [3.05, 3.63) is 0 Å². The summed E-state index contributed by atoms with van der Waals surface area (Å²) >= 11 is 0. The number of nitrogens with one attached hydrogen (secondary N) is 2. The molecule has 0 aromatic carbocycles. The number of methoxy groups -OCH3 is 1. The second kappa shape index (κ2) is 7.61. The van der Waals surface area contributed by atoms with Crippen molar-refractivity contribution in [2.24, 2.45) is 0 Å². The van der Waals surface area contributed by atoms with E-state index < -0.39 is 0 Å². The zero-order valence-corrected chi connectivity index (χ0v) is 10.2. The highest BCUT2D eigenvalue weighted by Crippen LogP contribution is 2.10. The fourth-order valence-corrected chi connectivity index (χ4v) is 1.12. The van der Waals surface area contributed by atoms with Gasteiger partial charge in [-0.2, -0.15) is 15.0 Å². The largest absolute Gasteiger partial charge is 0.467 e. The lowest BCUT2D eigenvalue weighted by Gasteiger charge is -2.08. The van der Waals surface area contributed by atoms with Crippen LogP contribution in [0.15, 0.2) is 0 Å². The molecule has 0 amide bonds. The smallest absolute Gasteiger partial charge is 0.322 e. The van der Waals surface area contributed by atoms with Crippen molar-refractivity contribution in [3.8, 4) is 6.01 Å². The first-order valence-corrected chi connectivity index (χ1v) is 5.68. The molecule has 1 aromatic rings. The van der Waals surface area contributed by atoms with E-state index in [0.29, 0.717) is 24.9 Å². The van der Waals surface area contributed by atoms with Crippen LogP contribution in [0.5, 0.6) is 6.01 Å². The van der Waals surface area contributed by atoms with Gasteiger partial charge in [0.1, 0.15) is 0 Å². The zero-order chi connectivity index (χ0) is 12.5. The van der Waals surface area contributed by atoms with Crippen molar-refractivity contribution in [1.29, 1.82) is 0 Å². The molecule has 7 heteroatoms. The standard InChI is InChI=1S/C10H19N5O2/c1-3-5-11-8-13-9(12-6-4-7-16)15-10(14-8)17-2/h16H,3-7H2,1-2H3,(H2,11,12,13,14,15). The third kappa shape index (κ3) is 4.81. The number of aliphatic hydroxyl groups excluding tert-OH is 1. The molecule has 17 heavy (non-hydrogen) atoms. The lowest BCUT2D eigenvalue weighted by Crippen LogP contribution is -2.12. The predicted molar refractivity (Wildman–Crippen MR) is 65.4 cm³/mol. The van der Waals surface area contributed by atoms with Gasteiger partial charge in [0.2, 0.25) is 11.9 Å². The Morgan fingerprint density at radius 3 is 2.29 bits per heavy atom. The fourth-order valence-electron chi connectivity index (χ4n) is 1.12. The van der Waals surface area contributed by atoms with E-state index in [1.807, 2.05) is 0 Å². The van der Waals surface area contributed by atoms with E-state index in [0.717, 1.165) is 13.0 Å². The monoisotopic (exact) mass is 241 g/mol. The highest BCUT2D eigenvalue weighted by atomic mass is 16.5. The summed E-state index contributed by atoms with van der Waals surface area (Å²) in [5.74, 6) is 0.939. The molecule has 0 saturated carbocycles. The molecule has 1 heterocycles. The van der Waals surface area contributed by atoms with Crippen molar-refractivity contribution in [2.45, 2.75) is 19.8 Å². The van der Waals surface area contributed by atoms with Crippen LogP contribution in [-0.4, -0.2) is 46.9 Å². The molecule has 0 aliphatic heterocycles. The fraction of sp³-hybridized carbons (Fsp3) is 0.700. The Morgan fingerprint density at radius 1 is 1.12 bits per heavy atom. The molecule has 96 valence electrons. The molecular weight excluding hydrogens is 222 g/mol. The summed E-state index contributed by atoms with van der Waals surface area (Å²) in [4.78, 5) is 12.3. The van der Waals surface area contributed by atoms with E-state index in [9.17, 15) is 0 Å². The van der Waals surface area contributed by atoms with Crippen molar-refractivity contribution in [1.82, 2.24) is 15.0 Å². The van der Waals surface area contributed by atoms with Crippen LogP contribution in [0.1, 0.15) is 19.8 Å². The maximum atomic E-state index is 8.69. The average molecular weight is 241 g/mol. The van der Waals surface area contributed by atoms with Crippen molar-refractivity contribution in [2.75, 3.05) is 37.4 Å². The number of hydrogen-bond donors (Lipinski definition) is 3. The minimum atomic E-state index is 0.135. The molecule has 0 bridgehead atoms. The summed E-state index contributed by atoms with van der Waals surface area (Å²) in [6, 6.07) is 0.269. The third-order valence-electron chi connectivity index (χ3n) is 1.95. The Morgan fingerprint density at radius 2 is 1.76 bits per heavy atom. The average Bonchev–Trinajstić information content (AvgIpc) is 2.36. The van der Waals surface area contributed by atoms with Gasteiger partial charge in [0.25, 0.3) is 0 Å². The molecule has 0 atom stereocenters. The van der Waals surface area contributed by atoms with Gasteiger partial charge in [-0.15, -0.1) is 0 Å². The summed E-state index contributed by atoms with van der Waals surface area (Å²) in [6.45, 7) is 3.60. The molecule has 0 saturated heterocycles. The molecule has 0 fully saturated rings.